The predicted octanol–water partition coefficient (Wildman–Crippen LogP) is 4.47. The maximum absolute atomic E-state index is 2.38. The van der Waals surface area contributed by atoms with Crippen molar-refractivity contribution in [3.05, 3.63) is 53.3 Å². The summed E-state index contributed by atoms with van der Waals surface area (Å²) in [5.74, 6) is 0.591. The largest absolute Gasteiger partial charge is 0.318 e. The number of aryl methyl sites for hydroxylation is 1. The Balaban J connectivity index is 2.62. The van der Waals surface area contributed by atoms with Gasteiger partial charge in [0.15, 0.2) is 0 Å². The number of hydrogen-bond donors (Lipinski definition) is 0. The second kappa shape index (κ2) is 4.79. The van der Waals surface area contributed by atoms with E-state index in [4.69, 9.17) is 0 Å². The van der Waals surface area contributed by atoms with Crippen molar-refractivity contribution in [1.29, 1.82) is 0 Å². The Hall–Kier alpha value is -1.50. The van der Waals surface area contributed by atoms with E-state index in [2.05, 4.69) is 68.7 Å². The summed E-state index contributed by atoms with van der Waals surface area (Å²) < 4.78 is 2.38. The molecule has 0 aliphatic carbocycles. The highest BCUT2D eigenvalue weighted by Gasteiger charge is 2.14. The van der Waals surface area contributed by atoms with Gasteiger partial charge in [-0.25, -0.2) is 0 Å². The molecule has 0 fully saturated rings. The highest BCUT2D eigenvalue weighted by atomic mass is 15.0. The average Bonchev–Trinajstić information content (AvgIpc) is 2.67. The lowest BCUT2D eigenvalue weighted by atomic mass is 10.0. The lowest BCUT2D eigenvalue weighted by Gasteiger charge is -2.13. The van der Waals surface area contributed by atoms with Crippen LogP contribution in [0, 0.1) is 6.92 Å². The van der Waals surface area contributed by atoms with Crippen molar-refractivity contribution in [3.8, 4) is 5.69 Å². The Morgan fingerprint density at radius 1 is 1.12 bits per heavy atom. The second-order valence-corrected chi connectivity index (χ2v) is 4.87. The summed E-state index contributed by atoms with van der Waals surface area (Å²) in [5.41, 5.74) is 5.53. The maximum Gasteiger partial charge on any atom is 0.0455 e. The zero-order chi connectivity index (χ0) is 12.4. The van der Waals surface area contributed by atoms with Crippen LogP contribution in [0.25, 0.3) is 5.69 Å². The van der Waals surface area contributed by atoms with Crippen LogP contribution in [0.1, 0.15) is 43.6 Å². The Morgan fingerprint density at radius 3 is 2.29 bits per heavy atom. The van der Waals surface area contributed by atoms with Gasteiger partial charge in [-0.05, 0) is 43.0 Å². The van der Waals surface area contributed by atoms with Crippen LogP contribution in [0.2, 0.25) is 0 Å². The number of rotatable bonds is 3. The highest BCUT2D eigenvalue weighted by Crippen LogP contribution is 2.27. The molecule has 2 aromatic rings. The molecule has 1 heterocycles. The molecule has 1 aromatic carbocycles. The van der Waals surface area contributed by atoms with Crippen LogP contribution in [0.4, 0.5) is 0 Å². The summed E-state index contributed by atoms with van der Waals surface area (Å²) in [7, 11) is 0. The number of nitrogens with zero attached hydrogens (tertiary/aromatic N) is 1. The third-order valence-corrected chi connectivity index (χ3v) is 3.29. The molecule has 0 saturated carbocycles. The van der Waals surface area contributed by atoms with Crippen LogP contribution in [0.15, 0.2) is 36.4 Å². The van der Waals surface area contributed by atoms with Crippen LogP contribution >= 0.6 is 0 Å². The third-order valence-electron chi connectivity index (χ3n) is 3.29. The summed E-state index contributed by atoms with van der Waals surface area (Å²) in [6.45, 7) is 8.96. The van der Waals surface area contributed by atoms with Gasteiger partial charge in [-0.3, -0.25) is 0 Å². The molecule has 1 heteroatoms. The van der Waals surface area contributed by atoms with E-state index in [1.807, 2.05) is 0 Å². The quantitative estimate of drug-likeness (QED) is 0.729. The fourth-order valence-electron chi connectivity index (χ4n) is 2.51. The molecular weight excluding hydrogens is 206 g/mol. The van der Waals surface area contributed by atoms with Crippen molar-refractivity contribution < 1.29 is 0 Å². The molecule has 0 saturated heterocycles. The van der Waals surface area contributed by atoms with Gasteiger partial charge in [-0.15, -0.1) is 0 Å². The van der Waals surface area contributed by atoms with Crippen LogP contribution in [-0.4, -0.2) is 4.57 Å². The molecule has 17 heavy (non-hydrogen) atoms. The molecule has 0 bridgehead atoms. The van der Waals surface area contributed by atoms with Crippen molar-refractivity contribution >= 4 is 0 Å². The molecule has 2 rings (SSSR count). The monoisotopic (exact) mass is 227 g/mol. The van der Waals surface area contributed by atoms with Gasteiger partial charge in [0, 0.05) is 17.1 Å². The summed E-state index contributed by atoms with van der Waals surface area (Å²) >= 11 is 0. The smallest absolute Gasteiger partial charge is 0.0455 e. The first kappa shape index (κ1) is 12.0. The molecule has 0 atom stereocenters. The SMILES string of the molecule is CCc1c(C(C)C)cc(C)n1-c1ccccc1. The van der Waals surface area contributed by atoms with Crippen molar-refractivity contribution in [1.82, 2.24) is 4.57 Å². The summed E-state index contributed by atoms with van der Waals surface area (Å²) in [5, 5.41) is 0. The molecule has 1 nitrogen and oxygen atoms in total. The van der Waals surface area contributed by atoms with Gasteiger partial charge < -0.3 is 4.57 Å². The lowest BCUT2D eigenvalue weighted by molar-refractivity contribution is 0.818. The first-order chi connectivity index (χ1) is 8.15. The van der Waals surface area contributed by atoms with Gasteiger partial charge in [0.2, 0.25) is 0 Å². The average molecular weight is 227 g/mol. The van der Waals surface area contributed by atoms with Crippen LogP contribution < -0.4 is 0 Å². The van der Waals surface area contributed by atoms with Crippen molar-refractivity contribution in [3.63, 3.8) is 0 Å². The van der Waals surface area contributed by atoms with Gasteiger partial charge >= 0.3 is 0 Å². The highest BCUT2D eigenvalue weighted by molar-refractivity contribution is 5.42. The van der Waals surface area contributed by atoms with Crippen molar-refractivity contribution in [2.24, 2.45) is 0 Å². The zero-order valence-electron chi connectivity index (χ0n) is 11.2. The fourth-order valence-corrected chi connectivity index (χ4v) is 2.51. The zero-order valence-corrected chi connectivity index (χ0v) is 11.2. The lowest BCUT2D eigenvalue weighted by Crippen LogP contribution is -2.03. The molecule has 1 aromatic heterocycles. The normalized spacial score (nSPS) is 11.1. The van der Waals surface area contributed by atoms with E-state index in [0.29, 0.717) is 5.92 Å². The molecule has 0 spiro atoms. The number of aromatic nitrogens is 1. The topological polar surface area (TPSA) is 4.93 Å². The maximum atomic E-state index is 2.38. The van der Waals surface area contributed by atoms with E-state index in [-0.39, 0.29) is 0 Å². The fraction of sp³-hybridized carbons (Fsp3) is 0.375. The molecule has 0 amide bonds. The Kier molecular flexibility index (Phi) is 3.37. The van der Waals surface area contributed by atoms with E-state index in [1.54, 1.807) is 0 Å². The van der Waals surface area contributed by atoms with E-state index < -0.39 is 0 Å². The molecule has 0 N–H and O–H groups in total. The Morgan fingerprint density at radius 2 is 1.76 bits per heavy atom. The van der Waals surface area contributed by atoms with Gasteiger partial charge in [0.1, 0.15) is 0 Å². The number of para-hydroxylation sites is 1. The van der Waals surface area contributed by atoms with E-state index >= 15 is 0 Å². The van der Waals surface area contributed by atoms with Crippen LogP contribution in [0.5, 0.6) is 0 Å². The molecular formula is C16H21N. The van der Waals surface area contributed by atoms with Crippen molar-refractivity contribution in [2.45, 2.75) is 40.0 Å². The van der Waals surface area contributed by atoms with E-state index in [0.717, 1.165) is 6.42 Å². The second-order valence-electron chi connectivity index (χ2n) is 4.87. The Bertz CT molecular complexity index is 492. The van der Waals surface area contributed by atoms with Gasteiger partial charge in [-0.2, -0.15) is 0 Å². The van der Waals surface area contributed by atoms with Crippen molar-refractivity contribution in [2.75, 3.05) is 0 Å². The number of hydrogen-bond acceptors (Lipinski definition) is 0. The van der Waals surface area contributed by atoms with Gasteiger partial charge in [-0.1, -0.05) is 39.0 Å². The Labute approximate surface area is 104 Å². The van der Waals surface area contributed by atoms with E-state index in [1.165, 1.54) is 22.6 Å². The first-order valence-electron chi connectivity index (χ1n) is 6.41. The third kappa shape index (κ3) is 2.14. The molecule has 0 unspecified atom stereocenters. The minimum atomic E-state index is 0.591. The molecule has 0 aliphatic heterocycles. The standard InChI is InChI=1S/C16H21N/c1-5-16-15(12(2)3)11-13(4)17(16)14-9-7-6-8-10-14/h6-12H,5H2,1-4H3. The molecule has 0 radical (unpaired) electrons. The molecule has 90 valence electrons. The van der Waals surface area contributed by atoms with Crippen LogP contribution in [-0.2, 0) is 6.42 Å². The van der Waals surface area contributed by atoms with E-state index in [9.17, 15) is 0 Å². The van der Waals surface area contributed by atoms with Gasteiger partial charge in [0.05, 0.1) is 0 Å². The number of benzene rings is 1. The minimum Gasteiger partial charge on any atom is -0.318 e. The summed E-state index contributed by atoms with van der Waals surface area (Å²) in [6.07, 6.45) is 1.08. The predicted molar refractivity (Wildman–Crippen MR) is 74.0 cm³/mol. The minimum absolute atomic E-state index is 0.591. The molecule has 0 aliphatic rings. The first-order valence-corrected chi connectivity index (χ1v) is 6.41. The van der Waals surface area contributed by atoms with Gasteiger partial charge in [0.25, 0.3) is 0 Å². The summed E-state index contributed by atoms with van der Waals surface area (Å²) in [6, 6.07) is 13.0. The van der Waals surface area contributed by atoms with Crippen LogP contribution in [0.3, 0.4) is 0 Å². The summed E-state index contributed by atoms with van der Waals surface area (Å²) in [4.78, 5) is 0.